The van der Waals surface area contributed by atoms with Gasteiger partial charge in [-0.15, -0.1) is 0 Å². The van der Waals surface area contributed by atoms with Crippen LogP contribution in [0, 0.1) is 5.41 Å². The van der Waals surface area contributed by atoms with E-state index in [0.717, 1.165) is 31.4 Å². The molecule has 5 heteroatoms. The molecule has 0 bridgehead atoms. The van der Waals surface area contributed by atoms with Gasteiger partial charge >= 0.3 is 11.9 Å². The first-order valence-corrected chi connectivity index (χ1v) is 7.42. The average Bonchev–Trinajstić information content (AvgIpc) is 2.40. The van der Waals surface area contributed by atoms with E-state index in [4.69, 9.17) is 9.47 Å². The lowest BCUT2D eigenvalue weighted by atomic mass is 9.86. The number of hydrogen-bond donors (Lipinski definition) is 0. The minimum atomic E-state index is -0.665. The molecule has 1 unspecified atom stereocenters. The molecule has 0 aliphatic rings. The van der Waals surface area contributed by atoms with Gasteiger partial charge in [-0.25, -0.2) is 9.59 Å². The number of unbranched alkanes of at least 4 members (excludes halogenated alkanes) is 1. The summed E-state index contributed by atoms with van der Waals surface area (Å²) in [6.45, 7) is 7.58. The molecule has 1 atom stereocenters. The fourth-order valence-electron chi connectivity index (χ4n) is 1.65. The SMILES string of the molecule is CCCCC(OC(=O)C=CC(=O)OCCCF)C(C)(C)C. The van der Waals surface area contributed by atoms with E-state index in [1.807, 2.05) is 20.8 Å². The fourth-order valence-corrected chi connectivity index (χ4v) is 1.65. The molecule has 0 amide bonds. The van der Waals surface area contributed by atoms with Gasteiger partial charge in [-0.3, -0.25) is 4.39 Å². The number of halogens is 1. The number of esters is 2. The molecule has 0 saturated carbocycles. The highest BCUT2D eigenvalue weighted by molar-refractivity contribution is 5.91. The standard InChI is InChI=1S/C16H27FO4/c1-5-6-8-13(16(2,3)4)21-15(19)10-9-14(18)20-12-7-11-17/h9-10,13H,5-8,11-12H2,1-4H3. The first-order chi connectivity index (χ1) is 9.81. The number of ether oxygens (including phenoxy) is 2. The first kappa shape index (κ1) is 19.6. The van der Waals surface area contributed by atoms with Crippen molar-refractivity contribution in [1.29, 1.82) is 0 Å². The summed E-state index contributed by atoms with van der Waals surface area (Å²) in [5, 5.41) is 0. The number of hydrogen-bond acceptors (Lipinski definition) is 4. The van der Waals surface area contributed by atoms with Crippen molar-refractivity contribution in [3.63, 3.8) is 0 Å². The quantitative estimate of drug-likeness (QED) is 0.371. The Kier molecular flexibility index (Phi) is 9.67. The molecule has 0 aromatic heterocycles. The van der Waals surface area contributed by atoms with Gasteiger partial charge in [-0.2, -0.15) is 0 Å². The maximum absolute atomic E-state index is 11.8. The largest absolute Gasteiger partial charge is 0.462 e. The molecular formula is C16H27FO4. The van der Waals surface area contributed by atoms with Crippen LogP contribution in [0.15, 0.2) is 12.2 Å². The van der Waals surface area contributed by atoms with Gasteiger partial charge in [-0.1, -0.05) is 40.5 Å². The topological polar surface area (TPSA) is 52.6 Å². The van der Waals surface area contributed by atoms with Crippen LogP contribution in [0.5, 0.6) is 0 Å². The van der Waals surface area contributed by atoms with E-state index < -0.39 is 18.6 Å². The molecule has 4 nitrogen and oxygen atoms in total. The zero-order valence-electron chi connectivity index (χ0n) is 13.5. The minimum Gasteiger partial charge on any atom is -0.462 e. The summed E-state index contributed by atoms with van der Waals surface area (Å²) in [6.07, 6.45) is 4.83. The van der Waals surface area contributed by atoms with Crippen molar-refractivity contribution in [2.24, 2.45) is 5.41 Å². The van der Waals surface area contributed by atoms with Gasteiger partial charge < -0.3 is 9.47 Å². The molecule has 0 radical (unpaired) electrons. The Balaban J connectivity index is 4.33. The van der Waals surface area contributed by atoms with E-state index >= 15 is 0 Å². The van der Waals surface area contributed by atoms with Gasteiger partial charge in [0.2, 0.25) is 0 Å². The Morgan fingerprint density at radius 1 is 1.14 bits per heavy atom. The summed E-state index contributed by atoms with van der Waals surface area (Å²) in [4.78, 5) is 23.0. The van der Waals surface area contributed by atoms with Crippen molar-refractivity contribution in [2.45, 2.75) is 59.5 Å². The molecule has 0 fully saturated rings. The molecular weight excluding hydrogens is 275 g/mol. The second-order valence-corrected chi connectivity index (χ2v) is 5.98. The third-order valence-corrected chi connectivity index (χ3v) is 2.92. The lowest BCUT2D eigenvalue weighted by molar-refractivity contribution is -0.149. The predicted molar refractivity (Wildman–Crippen MR) is 79.6 cm³/mol. The molecule has 122 valence electrons. The number of carbonyl (C=O) groups excluding carboxylic acids is 2. The number of carbonyl (C=O) groups is 2. The Morgan fingerprint density at radius 2 is 1.76 bits per heavy atom. The summed E-state index contributed by atoms with van der Waals surface area (Å²) < 4.78 is 21.9. The van der Waals surface area contributed by atoms with Crippen molar-refractivity contribution in [2.75, 3.05) is 13.3 Å². The summed E-state index contributed by atoms with van der Waals surface area (Å²) in [6, 6.07) is 0. The summed E-state index contributed by atoms with van der Waals surface area (Å²) >= 11 is 0. The monoisotopic (exact) mass is 302 g/mol. The zero-order valence-corrected chi connectivity index (χ0v) is 13.5. The Labute approximate surface area is 126 Å². The van der Waals surface area contributed by atoms with E-state index in [2.05, 4.69) is 6.92 Å². The average molecular weight is 302 g/mol. The van der Waals surface area contributed by atoms with Crippen LogP contribution in [0.4, 0.5) is 4.39 Å². The molecule has 0 aromatic carbocycles. The Morgan fingerprint density at radius 3 is 2.29 bits per heavy atom. The van der Waals surface area contributed by atoms with Crippen LogP contribution in [0.1, 0.15) is 53.4 Å². The normalized spacial score (nSPS) is 13.2. The molecule has 0 saturated heterocycles. The third-order valence-electron chi connectivity index (χ3n) is 2.92. The lowest BCUT2D eigenvalue weighted by Crippen LogP contribution is -2.31. The summed E-state index contributed by atoms with van der Waals surface area (Å²) in [5.41, 5.74) is -0.152. The van der Waals surface area contributed by atoms with Crippen molar-refractivity contribution in [3.8, 4) is 0 Å². The fraction of sp³-hybridized carbons (Fsp3) is 0.750. The Bertz CT molecular complexity index is 345. The van der Waals surface area contributed by atoms with Crippen LogP contribution in [-0.4, -0.2) is 31.3 Å². The van der Waals surface area contributed by atoms with Gasteiger partial charge in [0.05, 0.1) is 13.3 Å². The van der Waals surface area contributed by atoms with Crippen LogP contribution in [0.3, 0.4) is 0 Å². The first-order valence-electron chi connectivity index (χ1n) is 7.42. The highest BCUT2D eigenvalue weighted by Gasteiger charge is 2.27. The minimum absolute atomic E-state index is 0.00976. The van der Waals surface area contributed by atoms with E-state index in [0.29, 0.717) is 0 Å². The van der Waals surface area contributed by atoms with Crippen molar-refractivity contribution in [3.05, 3.63) is 12.2 Å². The van der Waals surface area contributed by atoms with Crippen LogP contribution in [0.2, 0.25) is 0 Å². The molecule has 0 heterocycles. The van der Waals surface area contributed by atoms with Crippen LogP contribution < -0.4 is 0 Å². The smallest absolute Gasteiger partial charge is 0.331 e. The maximum Gasteiger partial charge on any atom is 0.331 e. The molecule has 0 rings (SSSR count). The number of rotatable bonds is 9. The van der Waals surface area contributed by atoms with Crippen LogP contribution in [-0.2, 0) is 19.1 Å². The van der Waals surface area contributed by atoms with Gasteiger partial charge in [0.25, 0.3) is 0 Å². The lowest BCUT2D eigenvalue weighted by Gasteiger charge is -2.29. The van der Waals surface area contributed by atoms with Gasteiger partial charge in [0, 0.05) is 18.6 Å². The predicted octanol–water partition coefficient (Wildman–Crippen LogP) is 3.59. The number of alkyl halides is 1. The summed E-state index contributed by atoms with van der Waals surface area (Å²) in [5.74, 6) is -1.23. The Hall–Kier alpha value is -1.39. The van der Waals surface area contributed by atoms with E-state index in [-0.39, 0.29) is 24.5 Å². The van der Waals surface area contributed by atoms with Gasteiger partial charge in [0.15, 0.2) is 0 Å². The van der Waals surface area contributed by atoms with Crippen molar-refractivity contribution >= 4 is 11.9 Å². The zero-order chi connectivity index (χ0) is 16.3. The second-order valence-electron chi connectivity index (χ2n) is 5.98. The highest BCUT2D eigenvalue weighted by atomic mass is 19.1. The van der Waals surface area contributed by atoms with Crippen LogP contribution >= 0.6 is 0 Å². The summed E-state index contributed by atoms with van der Waals surface area (Å²) in [7, 11) is 0. The molecule has 0 aromatic rings. The molecule has 0 spiro atoms. The van der Waals surface area contributed by atoms with Gasteiger partial charge in [0.1, 0.15) is 6.10 Å². The molecule has 0 aliphatic heterocycles. The molecule has 0 N–H and O–H groups in total. The second kappa shape index (κ2) is 10.4. The third kappa shape index (κ3) is 10.0. The van der Waals surface area contributed by atoms with E-state index in [1.54, 1.807) is 0 Å². The molecule has 0 aliphatic carbocycles. The molecule has 21 heavy (non-hydrogen) atoms. The van der Waals surface area contributed by atoms with E-state index in [9.17, 15) is 14.0 Å². The van der Waals surface area contributed by atoms with Crippen molar-refractivity contribution in [1.82, 2.24) is 0 Å². The van der Waals surface area contributed by atoms with Crippen molar-refractivity contribution < 1.29 is 23.5 Å². The van der Waals surface area contributed by atoms with Crippen LogP contribution in [0.25, 0.3) is 0 Å². The highest BCUT2D eigenvalue weighted by Crippen LogP contribution is 2.26. The van der Waals surface area contributed by atoms with Gasteiger partial charge in [-0.05, 0) is 11.8 Å². The van der Waals surface area contributed by atoms with E-state index in [1.165, 1.54) is 0 Å². The maximum atomic E-state index is 11.8.